The Morgan fingerprint density at radius 1 is 1.03 bits per heavy atom. The van der Waals surface area contributed by atoms with Gasteiger partial charge in [0.15, 0.2) is 17.3 Å². The first-order valence-corrected chi connectivity index (χ1v) is 12.7. The Morgan fingerprint density at radius 2 is 1.89 bits per heavy atom. The van der Waals surface area contributed by atoms with Gasteiger partial charge in [0.1, 0.15) is 5.75 Å². The normalized spacial score (nSPS) is 15.5. The maximum Gasteiger partial charge on any atom is 0.252 e. The summed E-state index contributed by atoms with van der Waals surface area (Å²) in [6.45, 7) is 1.75. The van der Waals surface area contributed by atoms with Crippen molar-refractivity contribution >= 4 is 10.9 Å². The van der Waals surface area contributed by atoms with E-state index < -0.39 is 0 Å². The van der Waals surface area contributed by atoms with Gasteiger partial charge in [-0.1, -0.05) is 25.3 Å². The van der Waals surface area contributed by atoms with Gasteiger partial charge >= 0.3 is 0 Å². The molecular weight excluding hydrogens is 472 g/mol. The van der Waals surface area contributed by atoms with Gasteiger partial charge < -0.3 is 19.2 Å². The van der Waals surface area contributed by atoms with Gasteiger partial charge in [-0.05, 0) is 65.2 Å². The number of nitrogens with one attached hydrogen (secondary N) is 1. The number of methoxy groups -OCH3 is 1. The fourth-order valence-electron chi connectivity index (χ4n) is 5.31. The number of ether oxygens (including phenoxy) is 3. The number of rotatable bonds is 8. The number of pyridine rings is 1. The zero-order valence-corrected chi connectivity index (χ0v) is 20.9. The van der Waals surface area contributed by atoms with E-state index in [4.69, 9.17) is 14.2 Å². The molecule has 1 saturated carbocycles. The molecule has 0 bridgehead atoms. The van der Waals surface area contributed by atoms with E-state index in [0.717, 1.165) is 52.4 Å². The summed E-state index contributed by atoms with van der Waals surface area (Å²) in [4.78, 5) is 18.3. The zero-order chi connectivity index (χ0) is 25.2. The molecule has 2 aromatic carbocycles. The molecule has 1 aliphatic heterocycles. The summed E-state index contributed by atoms with van der Waals surface area (Å²) >= 11 is 0. The van der Waals surface area contributed by atoms with E-state index in [-0.39, 0.29) is 12.4 Å². The van der Waals surface area contributed by atoms with Crippen molar-refractivity contribution in [3.05, 3.63) is 69.8 Å². The molecule has 192 valence electrons. The van der Waals surface area contributed by atoms with Crippen LogP contribution in [0.2, 0.25) is 0 Å². The summed E-state index contributed by atoms with van der Waals surface area (Å²) < 4.78 is 18.4. The molecule has 1 aliphatic carbocycles. The highest BCUT2D eigenvalue weighted by Crippen LogP contribution is 2.33. The van der Waals surface area contributed by atoms with Crippen molar-refractivity contribution < 1.29 is 14.2 Å². The third kappa shape index (κ3) is 5.01. The van der Waals surface area contributed by atoms with Crippen LogP contribution in [0.5, 0.6) is 17.2 Å². The second-order valence-electron chi connectivity index (χ2n) is 9.74. The molecule has 1 N–H and O–H groups in total. The second-order valence-corrected chi connectivity index (χ2v) is 9.74. The zero-order valence-electron chi connectivity index (χ0n) is 20.9. The van der Waals surface area contributed by atoms with Crippen molar-refractivity contribution in [3.63, 3.8) is 0 Å². The molecule has 3 heterocycles. The van der Waals surface area contributed by atoms with Crippen LogP contribution in [0.15, 0.2) is 47.3 Å². The fraction of sp³-hybridized carbons (Fsp3) is 0.407. The van der Waals surface area contributed by atoms with E-state index in [1.807, 2.05) is 47.1 Å². The Balaban J connectivity index is 1.31. The van der Waals surface area contributed by atoms with E-state index in [2.05, 4.69) is 25.4 Å². The molecule has 37 heavy (non-hydrogen) atoms. The van der Waals surface area contributed by atoms with Crippen LogP contribution in [-0.4, -0.2) is 44.0 Å². The van der Waals surface area contributed by atoms with Crippen LogP contribution in [0.4, 0.5) is 0 Å². The predicted octanol–water partition coefficient (Wildman–Crippen LogP) is 3.96. The number of aromatic nitrogens is 5. The molecule has 10 nitrogen and oxygen atoms in total. The Morgan fingerprint density at radius 3 is 2.76 bits per heavy atom. The van der Waals surface area contributed by atoms with Gasteiger partial charge in [0, 0.05) is 29.6 Å². The smallest absolute Gasteiger partial charge is 0.252 e. The van der Waals surface area contributed by atoms with E-state index >= 15 is 0 Å². The lowest BCUT2D eigenvalue weighted by Gasteiger charge is -2.25. The number of aromatic amines is 1. The predicted molar refractivity (Wildman–Crippen MR) is 137 cm³/mol. The quantitative estimate of drug-likeness (QED) is 0.386. The minimum absolute atomic E-state index is 0.111. The molecular formula is C27H30N6O4. The van der Waals surface area contributed by atoms with Crippen LogP contribution in [0.25, 0.3) is 10.9 Å². The number of H-pyrrole nitrogens is 1. The van der Waals surface area contributed by atoms with Crippen LogP contribution in [0.3, 0.4) is 0 Å². The third-order valence-corrected chi connectivity index (χ3v) is 7.21. The Labute approximate surface area is 214 Å². The van der Waals surface area contributed by atoms with Gasteiger partial charge in [0.2, 0.25) is 6.79 Å². The average Bonchev–Trinajstić information content (AvgIpc) is 3.58. The number of nitrogens with zero attached hydrogens (tertiary/aromatic N) is 5. The monoisotopic (exact) mass is 502 g/mol. The molecule has 0 unspecified atom stereocenters. The van der Waals surface area contributed by atoms with E-state index in [1.54, 1.807) is 7.11 Å². The van der Waals surface area contributed by atoms with Crippen molar-refractivity contribution in [2.24, 2.45) is 0 Å². The van der Waals surface area contributed by atoms with Gasteiger partial charge in [-0.2, -0.15) is 0 Å². The van der Waals surface area contributed by atoms with Gasteiger partial charge in [0.25, 0.3) is 5.56 Å². The number of hydrogen-bond donors (Lipinski definition) is 1. The first-order valence-electron chi connectivity index (χ1n) is 12.7. The summed E-state index contributed by atoms with van der Waals surface area (Å²) in [5, 5.41) is 13.7. The topological polar surface area (TPSA) is 107 Å². The Bertz CT molecular complexity index is 1460. The maximum absolute atomic E-state index is 13.1. The molecule has 10 heteroatoms. The Hall–Kier alpha value is -3.92. The van der Waals surface area contributed by atoms with Gasteiger partial charge in [-0.15, -0.1) is 5.10 Å². The Kier molecular flexibility index (Phi) is 6.48. The first-order chi connectivity index (χ1) is 18.2. The van der Waals surface area contributed by atoms with E-state index in [0.29, 0.717) is 31.2 Å². The van der Waals surface area contributed by atoms with Crippen LogP contribution >= 0.6 is 0 Å². The van der Waals surface area contributed by atoms with Crippen molar-refractivity contribution in [1.29, 1.82) is 0 Å². The lowest BCUT2D eigenvalue weighted by atomic mass is 9.95. The molecule has 0 spiro atoms. The van der Waals surface area contributed by atoms with Gasteiger partial charge in [0.05, 0.1) is 19.7 Å². The SMILES string of the molecule is COc1ccc2[nH]c(=O)c(CN(Cc3ccc4c(c3)OCO4)Cc3nnnn3C3CCCCC3)cc2c1. The van der Waals surface area contributed by atoms with Crippen LogP contribution < -0.4 is 19.8 Å². The highest BCUT2D eigenvalue weighted by molar-refractivity contribution is 5.80. The van der Waals surface area contributed by atoms with Gasteiger partial charge in [-0.3, -0.25) is 9.69 Å². The molecule has 0 radical (unpaired) electrons. The molecule has 1 fully saturated rings. The molecule has 4 aromatic rings. The van der Waals surface area contributed by atoms with Crippen LogP contribution in [0, 0.1) is 0 Å². The van der Waals surface area contributed by atoms with Crippen LogP contribution in [-0.2, 0) is 19.6 Å². The summed E-state index contributed by atoms with van der Waals surface area (Å²) in [6.07, 6.45) is 5.83. The summed E-state index contributed by atoms with van der Waals surface area (Å²) in [7, 11) is 1.64. The second kappa shape index (κ2) is 10.2. The molecule has 2 aliphatic rings. The first kappa shape index (κ1) is 23.5. The average molecular weight is 503 g/mol. The largest absolute Gasteiger partial charge is 0.497 e. The van der Waals surface area contributed by atoms with Crippen LogP contribution in [0.1, 0.15) is 55.1 Å². The number of fused-ring (bicyclic) bond motifs is 2. The molecule has 6 rings (SSSR count). The van der Waals surface area contributed by atoms with Crippen molar-refractivity contribution in [3.8, 4) is 17.2 Å². The highest BCUT2D eigenvalue weighted by Gasteiger charge is 2.23. The molecule has 2 aromatic heterocycles. The van der Waals surface area contributed by atoms with Crippen molar-refractivity contribution in [2.45, 2.75) is 57.8 Å². The fourth-order valence-corrected chi connectivity index (χ4v) is 5.31. The number of tetrazole rings is 1. The van der Waals surface area contributed by atoms with Crippen molar-refractivity contribution in [2.75, 3.05) is 13.9 Å². The minimum atomic E-state index is -0.111. The summed E-state index contributed by atoms with van der Waals surface area (Å²) in [5.41, 5.74) is 2.39. The van der Waals surface area contributed by atoms with Crippen molar-refractivity contribution in [1.82, 2.24) is 30.1 Å². The number of hydrogen-bond acceptors (Lipinski definition) is 8. The highest BCUT2D eigenvalue weighted by atomic mass is 16.7. The maximum atomic E-state index is 13.1. The van der Waals surface area contributed by atoms with E-state index in [1.165, 1.54) is 19.3 Å². The van der Waals surface area contributed by atoms with Gasteiger partial charge in [-0.25, -0.2) is 4.68 Å². The summed E-state index contributed by atoms with van der Waals surface area (Å²) in [6, 6.07) is 13.8. The lowest BCUT2D eigenvalue weighted by Crippen LogP contribution is -2.29. The standard InChI is InChI=1S/C27H30N6O4/c1-35-22-8-9-23-19(13-22)12-20(27(34)28-23)15-32(14-18-7-10-24-25(11-18)37-17-36-24)16-26-29-30-31-33(26)21-5-3-2-4-6-21/h7-13,21H,2-6,14-17H2,1H3,(H,28,34). The van der Waals surface area contributed by atoms with E-state index in [9.17, 15) is 4.79 Å². The number of benzene rings is 2. The minimum Gasteiger partial charge on any atom is -0.497 e. The molecule has 0 amide bonds. The third-order valence-electron chi connectivity index (χ3n) is 7.21. The molecule has 0 saturated heterocycles. The molecule has 0 atom stereocenters. The lowest BCUT2D eigenvalue weighted by molar-refractivity contribution is 0.174. The summed E-state index contributed by atoms with van der Waals surface area (Å²) in [5.74, 6) is 3.04.